The Morgan fingerprint density at radius 3 is 2.70 bits per heavy atom. The first-order valence-electron chi connectivity index (χ1n) is 7.52. The maximum absolute atomic E-state index is 12.3. The molecule has 118 valence electrons. The van der Waals surface area contributed by atoms with Crippen molar-refractivity contribution in [2.75, 3.05) is 18.8 Å². The Balaban J connectivity index is 1.34. The SMILES string of the molecule is O=C(c1ncccn1)N1CC2(CC(Oc3ccccn3)CS2)C1. The molecular weight excluding hydrogens is 312 g/mol. The maximum atomic E-state index is 12.3. The first-order chi connectivity index (χ1) is 11.2. The third-order valence-corrected chi connectivity index (χ3v) is 5.68. The van der Waals surface area contributed by atoms with E-state index in [-0.39, 0.29) is 22.6 Å². The predicted octanol–water partition coefficient (Wildman–Crippen LogP) is 1.65. The Bertz CT molecular complexity index is 692. The second-order valence-corrected chi connectivity index (χ2v) is 7.33. The van der Waals surface area contributed by atoms with E-state index in [1.54, 1.807) is 24.7 Å². The van der Waals surface area contributed by atoms with Crippen LogP contribution in [0.15, 0.2) is 42.9 Å². The van der Waals surface area contributed by atoms with Gasteiger partial charge >= 0.3 is 0 Å². The van der Waals surface area contributed by atoms with E-state index >= 15 is 0 Å². The Labute approximate surface area is 138 Å². The average Bonchev–Trinajstić information content (AvgIpc) is 2.99. The van der Waals surface area contributed by atoms with E-state index < -0.39 is 0 Å². The fraction of sp³-hybridized carbons (Fsp3) is 0.375. The first-order valence-corrected chi connectivity index (χ1v) is 8.51. The van der Waals surface area contributed by atoms with E-state index in [0.29, 0.717) is 5.88 Å². The molecule has 0 bridgehead atoms. The zero-order valence-electron chi connectivity index (χ0n) is 12.5. The van der Waals surface area contributed by atoms with Crippen molar-refractivity contribution < 1.29 is 9.53 Å². The Hall–Kier alpha value is -2.15. The summed E-state index contributed by atoms with van der Waals surface area (Å²) in [5.74, 6) is 1.78. The summed E-state index contributed by atoms with van der Waals surface area (Å²) in [7, 11) is 0. The molecule has 0 radical (unpaired) electrons. The molecule has 0 aliphatic carbocycles. The van der Waals surface area contributed by atoms with Crippen LogP contribution in [0, 0.1) is 0 Å². The standard InChI is InChI=1S/C16H16N4O2S/c21-15(14-18-6-3-7-19-14)20-10-16(11-20)8-12(9-23-16)22-13-4-1-2-5-17-13/h1-7,12H,8-11H2. The number of rotatable bonds is 3. The van der Waals surface area contributed by atoms with Gasteiger partial charge in [0.2, 0.25) is 11.7 Å². The molecule has 2 aromatic rings. The van der Waals surface area contributed by atoms with Crippen LogP contribution in [-0.2, 0) is 0 Å². The number of likely N-dealkylation sites (tertiary alicyclic amines) is 1. The van der Waals surface area contributed by atoms with Gasteiger partial charge in [-0.25, -0.2) is 15.0 Å². The summed E-state index contributed by atoms with van der Waals surface area (Å²) in [5.41, 5.74) is 0. The second-order valence-electron chi connectivity index (χ2n) is 5.84. The van der Waals surface area contributed by atoms with Gasteiger partial charge < -0.3 is 9.64 Å². The molecule has 4 heterocycles. The maximum Gasteiger partial charge on any atom is 0.291 e. The monoisotopic (exact) mass is 328 g/mol. The largest absolute Gasteiger partial charge is 0.473 e. The zero-order chi connectivity index (χ0) is 15.7. The number of carbonyl (C=O) groups excluding carboxylic acids is 1. The summed E-state index contributed by atoms with van der Waals surface area (Å²) >= 11 is 1.89. The van der Waals surface area contributed by atoms with E-state index in [9.17, 15) is 4.79 Å². The smallest absolute Gasteiger partial charge is 0.291 e. The lowest BCUT2D eigenvalue weighted by Gasteiger charge is -2.46. The second kappa shape index (κ2) is 5.81. The van der Waals surface area contributed by atoms with Crippen LogP contribution in [0.3, 0.4) is 0 Å². The highest BCUT2D eigenvalue weighted by Gasteiger charge is 2.51. The van der Waals surface area contributed by atoms with Gasteiger partial charge in [0.25, 0.3) is 5.91 Å². The number of aromatic nitrogens is 3. The zero-order valence-corrected chi connectivity index (χ0v) is 13.3. The van der Waals surface area contributed by atoms with Crippen molar-refractivity contribution in [1.29, 1.82) is 0 Å². The minimum atomic E-state index is -0.0917. The Kier molecular flexibility index (Phi) is 3.65. The molecule has 0 N–H and O–H groups in total. The molecule has 7 heteroatoms. The average molecular weight is 328 g/mol. The topological polar surface area (TPSA) is 68.2 Å². The van der Waals surface area contributed by atoms with Crippen LogP contribution in [0.4, 0.5) is 0 Å². The normalized spacial score (nSPS) is 21.9. The molecule has 2 aliphatic rings. The van der Waals surface area contributed by atoms with Crippen LogP contribution >= 0.6 is 11.8 Å². The van der Waals surface area contributed by atoms with Crippen molar-refractivity contribution in [2.45, 2.75) is 17.3 Å². The number of amides is 1. The number of carbonyl (C=O) groups is 1. The third-order valence-electron chi connectivity index (χ3n) is 4.10. The lowest BCUT2D eigenvalue weighted by atomic mass is 9.93. The Morgan fingerprint density at radius 2 is 1.96 bits per heavy atom. The van der Waals surface area contributed by atoms with Crippen molar-refractivity contribution in [3.05, 3.63) is 48.7 Å². The molecule has 2 aromatic heterocycles. The van der Waals surface area contributed by atoms with Gasteiger partial charge in [-0.15, -0.1) is 11.8 Å². The molecule has 2 saturated heterocycles. The van der Waals surface area contributed by atoms with Crippen LogP contribution in [0.5, 0.6) is 5.88 Å². The van der Waals surface area contributed by atoms with E-state index in [2.05, 4.69) is 15.0 Å². The van der Waals surface area contributed by atoms with E-state index in [1.165, 1.54) is 0 Å². The van der Waals surface area contributed by atoms with Gasteiger partial charge in [0, 0.05) is 49.9 Å². The van der Waals surface area contributed by atoms with E-state index in [4.69, 9.17) is 4.74 Å². The third kappa shape index (κ3) is 2.88. The summed E-state index contributed by atoms with van der Waals surface area (Å²) in [4.78, 5) is 26.4. The van der Waals surface area contributed by atoms with Gasteiger partial charge in [-0.1, -0.05) is 6.07 Å². The fourth-order valence-electron chi connectivity index (χ4n) is 3.03. The molecule has 4 rings (SSSR count). The molecule has 1 unspecified atom stereocenters. The van der Waals surface area contributed by atoms with Crippen molar-refractivity contribution in [2.24, 2.45) is 0 Å². The van der Waals surface area contributed by atoms with Crippen LogP contribution in [-0.4, -0.2) is 55.5 Å². The van der Waals surface area contributed by atoms with Gasteiger partial charge in [-0.2, -0.15) is 0 Å². The highest BCUT2D eigenvalue weighted by Crippen LogP contribution is 2.46. The van der Waals surface area contributed by atoms with Gasteiger partial charge in [-0.05, 0) is 12.1 Å². The first kappa shape index (κ1) is 14.4. The number of hydrogen-bond donors (Lipinski definition) is 0. The minimum Gasteiger partial charge on any atom is -0.473 e. The number of hydrogen-bond acceptors (Lipinski definition) is 6. The molecule has 0 saturated carbocycles. The van der Waals surface area contributed by atoms with Crippen LogP contribution < -0.4 is 4.74 Å². The summed E-state index contributed by atoms with van der Waals surface area (Å²) in [6, 6.07) is 7.38. The minimum absolute atomic E-state index is 0.0917. The van der Waals surface area contributed by atoms with Gasteiger partial charge in [0.05, 0.1) is 4.75 Å². The summed E-state index contributed by atoms with van der Waals surface area (Å²) < 4.78 is 6.04. The van der Waals surface area contributed by atoms with Gasteiger partial charge in [0.1, 0.15) is 6.10 Å². The lowest BCUT2D eigenvalue weighted by molar-refractivity contribution is 0.0503. The van der Waals surface area contributed by atoms with Crippen molar-refractivity contribution in [3.8, 4) is 5.88 Å². The summed E-state index contributed by atoms with van der Waals surface area (Å²) in [6.45, 7) is 1.47. The van der Waals surface area contributed by atoms with Gasteiger partial charge in [0.15, 0.2) is 0 Å². The quantitative estimate of drug-likeness (QED) is 0.853. The van der Waals surface area contributed by atoms with Crippen LogP contribution in [0.25, 0.3) is 0 Å². The number of pyridine rings is 1. The molecule has 23 heavy (non-hydrogen) atoms. The molecule has 0 aromatic carbocycles. The molecule has 1 amide bonds. The number of ether oxygens (including phenoxy) is 1. The van der Waals surface area contributed by atoms with Crippen LogP contribution in [0.1, 0.15) is 17.0 Å². The van der Waals surface area contributed by atoms with Crippen molar-refractivity contribution >= 4 is 17.7 Å². The number of nitrogens with zero attached hydrogens (tertiary/aromatic N) is 4. The van der Waals surface area contributed by atoms with E-state index in [0.717, 1.165) is 25.3 Å². The number of thioether (sulfide) groups is 1. The predicted molar refractivity (Wildman–Crippen MR) is 86.4 cm³/mol. The van der Waals surface area contributed by atoms with E-state index in [1.807, 2.05) is 34.9 Å². The molecule has 2 aliphatic heterocycles. The summed E-state index contributed by atoms with van der Waals surface area (Å²) in [6.07, 6.45) is 6.01. The fourth-order valence-corrected chi connectivity index (χ4v) is 4.55. The molecular formula is C16H16N4O2S. The van der Waals surface area contributed by atoms with Crippen molar-refractivity contribution in [1.82, 2.24) is 19.9 Å². The summed E-state index contributed by atoms with van der Waals surface area (Å²) in [5, 5.41) is 0. The molecule has 1 spiro atoms. The lowest BCUT2D eigenvalue weighted by Crippen LogP contribution is -2.61. The molecule has 2 fully saturated rings. The molecule has 6 nitrogen and oxygen atoms in total. The highest BCUT2D eigenvalue weighted by atomic mass is 32.2. The molecule has 1 atom stereocenters. The van der Waals surface area contributed by atoms with Gasteiger partial charge in [-0.3, -0.25) is 4.79 Å². The Morgan fingerprint density at radius 1 is 1.17 bits per heavy atom. The van der Waals surface area contributed by atoms with Crippen LogP contribution in [0.2, 0.25) is 0 Å². The van der Waals surface area contributed by atoms with Crippen molar-refractivity contribution in [3.63, 3.8) is 0 Å². The highest BCUT2D eigenvalue weighted by molar-refractivity contribution is 8.01.